The van der Waals surface area contributed by atoms with Gasteiger partial charge >= 0.3 is 12.2 Å². The van der Waals surface area contributed by atoms with E-state index in [4.69, 9.17) is 10.8 Å². The fourth-order valence-corrected chi connectivity index (χ4v) is 2.89. The van der Waals surface area contributed by atoms with Crippen molar-refractivity contribution in [1.29, 1.82) is 10.8 Å². The lowest BCUT2D eigenvalue weighted by Crippen LogP contribution is -2.46. The van der Waals surface area contributed by atoms with Crippen molar-refractivity contribution in [2.75, 3.05) is 33.2 Å². The number of hydrogen-bond acceptors (Lipinski definition) is 4. The van der Waals surface area contributed by atoms with Crippen molar-refractivity contribution in [2.24, 2.45) is 0 Å². The zero-order chi connectivity index (χ0) is 21.6. The zero-order valence-corrected chi connectivity index (χ0v) is 16.6. The standard InChI is InChI=1S/C20H26F3N5O/c1-3-14-4-6-15(7-5-14)18(25)28(11-9-20(21,22)23)19(29)26-12-17(24)16-8-10-27(2)13-16/h4-8,24-25H,3,9-13H2,1-2H3,(H,26,29). The number of rotatable bonds is 7. The van der Waals surface area contributed by atoms with Crippen LogP contribution in [0, 0.1) is 10.8 Å². The maximum absolute atomic E-state index is 12.7. The average Bonchev–Trinajstić information content (AvgIpc) is 3.11. The van der Waals surface area contributed by atoms with Gasteiger partial charge in [-0.3, -0.25) is 15.2 Å². The number of carbonyl (C=O) groups excluding carboxylic acids is 1. The first-order valence-electron chi connectivity index (χ1n) is 9.36. The van der Waals surface area contributed by atoms with Crippen LogP contribution in [0.25, 0.3) is 0 Å². The van der Waals surface area contributed by atoms with Crippen LogP contribution in [0.3, 0.4) is 0 Å². The lowest BCUT2D eigenvalue weighted by atomic mass is 10.1. The number of halogens is 3. The predicted octanol–water partition coefficient (Wildman–Crippen LogP) is 3.43. The molecule has 0 radical (unpaired) electrons. The van der Waals surface area contributed by atoms with Crippen molar-refractivity contribution in [3.8, 4) is 0 Å². The zero-order valence-electron chi connectivity index (χ0n) is 16.6. The summed E-state index contributed by atoms with van der Waals surface area (Å²) in [6.07, 6.45) is -2.99. The summed E-state index contributed by atoms with van der Waals surface area (Å²) in [6.45, 7) is 2.50. The van der Waals surface area contributed by atoms with Crippen LogP contribution in [-0.4, -0.2) is 66.8 Å². The summed E-state index contributed by atoms with van der Waals surface area (Å²) in [5, 5.41) is 18.8. The van der Waals surface area contributed by atoms with Gasteiger partial charge in [-0.25, -0.2) is 4.79 Å². The van der Waals surface area contributed by atoms with Gasteiger partial charge in [0.15, 0.2) is 0 Å². The molecule has 1 aromatic rings. The number of amides is 2. The van der Waals surface area contributed by atoms with E-state index in [1.165, 1.54) is 0 Å². The van der Waals surface area contributed by atoms with Gasteiger partial charge in [-0.15, -0.1) is 0 Å². The average molecular weight is 409 g/mol. The summed E-state index contributed by atoms with van der Waals surface area (Å²) in [5.74, 6) is -0.305. The van der Waals surface area contributed by atoms with Gasteiger partial charge in [0.25, 0.3) is 0 Å². The molecule has 1 aliphatic rings. The Kier molecular flexibility index (Phi) is 7.55. The first kappa shape index (κ1) is 22.6. The number of nitrogens with one attached hydrogen (secondary N) is 3. The molecule has 2 amide bonds. The highest BCUT2D eigenvalue weighted by molar-refractivity contribution is 6.07. The second-order valence-corrected chi connectivity index (χ2v) is 6.98. The van der Waals surface area contributed by atoms with E-state index in [0.29, 0.717) is 18.7 Å². The number of aryl methyl sites for hydroxylation is 1. The van der Waals surface area contributed by atoms with Crippen molar-refractivity contribution >= 4 is 17.6 Å². The predicted molar refractivity (Wildman–Crippen MR) is 107 cm³/mol. The number of nitrogens with zero attached hydrogens (tertiary/aromatic N) is 2. The third kappa shape index (κ3) is 6.70. The monoisotopic (exact) mass is 409 g/mol. The second-order valence-electron chi connectivity index (χ2n) is 6.98. The van der Waals surface area contributed by atoms with Gasteiger partial charge in [-0.1, -0.05) is 37.3 Å². The number of urea groups is 1. The molecular formula is C20H26F3N5O. The normalized spacial score (nSPS) is 14.4. The van der Waals surface area contributed by atoms with Gasteiger partial charge < -0.3 is 10.7 Å². The molecule has 29 heavy (non-hydrogen) atoms. The van der Waals surface area contributed by atoms with E-state index < -0.39 is 25.2 Å². The van der Waals surface area contributed by atoms with Crippen LogP contribution in [0.1, 0.15) is 24.5 Å². The molecule has 1 aromatic carbocycles. The molecular weight excluding hydrogens is 383 g/mol. The molecule has 0 aliphatic carbocycles. The van der Waals surface area contributed by atoms with Crippen molar-refractivity contribution in [1.82, 2.24) is 15.1 Å². The van der Waals surface area contributed by atoms with Gasteiger partial charge in [-0.2, -0.15) is 13.2 Å². The molecule has 0 atom stereocenters. The quantitative estimate of drug-likeness (QED) is 0.476. The second kappa shape index (κ2) is 9.69. The van der Waals surface area contributed by atoms with Crippen LogP contribution in [0.2, 0.25) is 0 Å². The molecule has 2 rings (SSSR count). The summed E-state index contributed by atoms with van der Waals surface area (Å²) >= 11 is 0. The molecule has 0 saturated heterocycles. The van der Waals surface area contributed by atoms with Crippen molar-refractivity contribution in [3.05, 3.63) is 47.0 Å². The van der Waals surface area contributed by atoms with Gasteiger partial charge in [0.2, 0.25) is 0 Å². The Labute approximate surface area is 168 Å². The number of hydrogen-bond donors (Lipinski definition) is 3. The molecule has 0 aromatic heterocycles. The van der Waals surface area contributed by atoms with E-state index in [-0.39, 0.29) is 18.1 Å². The smallest absolute Gasteiger partial charge is 0.332 e. The van der Waals surface area contributed by atoms with Crippen LogP contribution in [-0.2, 0) is 6.42 Å². The van der Waals surface area contributed by atoms with Crippen LogP contribution in [0.15, 0.2) is 35.9 Å². The lowest BCUT2D eigenvalue weighted by molar-refractivity contribution is -0.135. The minimum absolute atomic E-state index is 0.108. The molecule has 0 bridgehead atoms. The first-order chi connectivity index (χ1) is 13.6. The summed E-state index contributed by atoms with van der Waals surface area (Å²) in [5.41, 5.74) is 2.36. The summed E-state index contributed by atoms with van der Waals surface area (Å²) in [7, 11) is 1.90. The van der Waals surface area contributed by atoms with E-state index in [1.807, 2.05) is 24.9 Å². The Morgan fingerprint density at radius 1 is 1.24 bits per heavy atom. The SMILES string of the molecule is CCc1ccc(C(=N)N(CCC(F)(F)F)C(=O)NCC(=N)C2=CCN(C)C2)cc1. The van der Waals surface area contributed by atoms with E-state index in [2.05, 4.69) is 5.32 Å². The van der Waals surface area contributed by atoms with E-state index in [1.54, 1.807) is 24.3 Å². The molecule has 3 N–H and O–H groups in total. The van der Waals surface area contributed by atoms with Crippen molar-refractivity contribution in [2.45, 2.75) is 25.9 Å². The Bertz CT molecular complexity index is 786. The number of benzene rings is 1. The molecule has 0 saturated carbocycles. The molecule has 1 aliphatic heterocycles. The number of alkyl halides is 3. The Morgan fingerprint density at radius 3 is 2.41 bits per heavy atom. The highest BCUT2D eigenvalue weighted by atomic mass is 19.4. The lowest BCUT2D eigenvalue weighted by Gasteiger charge is -2.24. The molecule has 0 spiro atoms. The fourth-order valence-electron chi connectivity index (χ4n) is 2.89. The van der Waals surface area contributed by atoms with Crippen molar-refractivity contribution in [3.63, 3.8) is 0 Å². The molecule has 0 fully saturated rings. The minimum Gasteiger partial charge on any atom is -0.332 e. The van der Waals surface area contributed by atoms with Crippen LogP contribution in [0.5, 0.6) is 0 Å². The van der Waals surface area contributed by atoms with E-state index >= 15 is 0 Å². The number of likely N-dealkylation sites (N-methyl/N-ethyl adjacent to an activating group) is 1. The fraction of sp³-hybridized carbons (Fsp3) is 0.450. The molecule has 6 nitrogen and oxygen atoms in total. The van der Waals surface area contributed by atoms with Crippen LogP contribution < -0.4 is 5.32 Å². The molecule has 0 unspecified atom stereocenters. The first-order valence-corrected chi connectivity index (χ1v) is 9.36. The van der Waals surface area contributed by atoms with Gasteiger partial charge in [-0.05, 0) is 24.6 Å². The summed E-state index contributed by atoms with van der Waals surface area (Å²) in [6, 6.07) is 5.98. The Morgan fingerprint density at radius 2 is 1.90 bits per heavy atom. The third-order valence-electron chi connectivity index (χ3n) is 4.66. The summed E-state index contributed by atoms with van der Waals surface area (Å²) in [4.78, 5) is 15.3. The van der Waals surface area contributed by atoms with Gasteiger partial charge in [0.1, 0.15) is 5.84 Å². The number of carbonyl (C=O) groups is 1. The molecule has 1 heterocycles. The molecule has 158 valence electrons. The Balaban J connectivity index is 2.08. The topological polar surface area (TPSA) is 83.3 Å². The van der Waals surface area contributed by atoms with E-state index in [9.17, 15) is 18.0 Å². The van der Waals surface area contributed by atoms with Crippen LogP contribution in [0.4, 0.5) is 18.0 Å². The minimum atomic E-state index is -4.45. The highest BCUT2D eigenvalue weighted by Gasteiger charge is 2.31. The molecule has 9 heteroatoms. The third-order valence-corrected chi connectivity index (χ3v) is 4.66. The van der Waals surface area contributed by atoms with Crippen LogP contribution >= 0.6 is 0 Å². The van der Waals surface area contributed by atoms with Crippen molar-refractivity contribution < 1.29 is 18.0 Å². The maximum Gasteiger partial charge on any atom is 0.390 e. The number of amidine groups is 1. The largest absolute Gasteiger partial charge is 0.390 e. The van der Waals surface area contributed by atoms with E-state index in [0.717, 1.165) is 22.5 Å². The van der Waals surface area contributed by atoms with Gasteiger partial charge in [0.05, 0.1) is 18.7 Å². The maximum atomic E-state index is 12.7. The van der Waals surface area contributed by atoms with Gasteiger partial charge in [0, 0.05) is 25.2 Å². The highest BCUT2D eigenvalue weighted by Crippen LogP contribution is 2.20. The summed E-state index contributed by atoms with van der Waals surface area (Å²) < 4.78 is 38.2. The Hall–Kier alpha value is -2.68.